The van der Waals surface area contributed by atoms with Crippen LogP contribution < -0.4 is 15.4 Å². The summed E-state index contributed by atoms with van der Waals surface area (Å²) < 4.78 is 1.61. The molecule has 0 unspecified atom stereocenters. The highest BCUT2D eigenvalue weighted by Gasteiger charge is 2.55. The number of Topliss-reactive ketones (excluding diaryl/α,β-unsaturated/α-hetero) is 1. The number of hydrogen-bond acceptors (Lipinski definition) is 11. The summed E-state index contributed by atoms with van der Waals surface area (Å²) in [4.78, 5) is 45.5. The summed E-state index contributed by atoms with van der Waals surface area (Å²) in [6.45, 7) is 9.57. The van der Waals surface area contributed by atoms with Gasteiger partial charge in [0.25, 0.3) is 5.78 Å². The van der Waals surface area contributed by atoms with Gasteiger partial charge >= 0.3 is 10.9 Å². The third-order valence-corrected chi connectivity index (χ3v) is 6.41. The van der Waals surface area contributed by atoms with E-state index in [0.29, 0.717) is 23.4 Å². The first-order valence-electron chi connectivity index (χ1n) is 13.6. The van der Waals surface area contributed by atoms with Crippen LogP contribution >= 0.6 is 11.9 Å². The molecule has 0 spiro atoms. The average molecular weight is 608 g/mol. The topological polar surface area (TPSA) is 188 Å². The standard InChI is InChI=1S/C22H26N6O7S.C4H10.C2H6/c1-23-15-7-2-3-8-16(15)24-13-17(29)25-14-18(30)26-21(32)10-6-12-28(22(33,34)20(21)31)36-19-9-4-5-11-27(19)35;1-4(2)3;1-2/h2-5,7-9,11,32-34H,6,10,12-14H2,1H3,(H2-,25,26,29,30,35);4H,1-3H3;1-2H3/p+1/t21-;;/m1../s1. The van der Waals surface area contributed by atoms with Crippen LogP contribution in [0.4, 0.5) is 0 Å². The van der Waals surface area contributed by atoms with E-state index in [9.17, 15) is 34.9 Å². The first-order valence-corrected chi connectivity index (χ1v) is 14.4. The third kappa shape index (κ3) is 11.1. The fraction of sp³-hybridized carbons (Fsp3) is 0.500. The van der Waals surface area contributed by atoms with Crippen LogP contribution in [0.3, 0.4) is 0 Å². The Balaban J connectivity index is 0.00000135. The van der Waals surface area contributed by atoms with Crippen LogP contribution in [0.5, 0.6) is 0 Å². The van der Waals surface area contributed by atoms with E-state index in [1.807, 2.05) is 13.8 Å². The van der Waals surface area contributed by atoms with Gasteiger partial charge in [-0.3, -0.25) is 29.6 Å². The fourth-order valence-corrected chi connectivity index (χ4v) is 4.37. The molecule has 13 nitrogen and oxygen atoms in total. The van der Waals surface area contributed by atoms with Gasteiger partial charge in [-0.2, -0.15) is 4.31 Å². The lowest BCUT2D eigenvalue weighted by Crippen LogP contribution is -2.65. The van der Waals surface area contributed by atoms with Crippen LogP contribution in [0.25, 0.3) is 0 Å². The molecule has 42 heavy (non-hydrogen) atoms. The molecule has 1 atom stereocenters. The predicted octanol–water partition coefficient (Wildman–Crippen LogP) is 0.769. The van der Waals surface area contributed by atoms with Gasteiger partial charge in [-0.25, -0.2) is 0 Å². The maximum absolute atomic E-state index is 12.9. The van der Waals surface area contributed by atoms with E-state index in [0.717, 1.165) is 15.0 Å². The number of aromatic nitrogens is 1. The van der Waals surface area contributed by atoms with E-state index < -0.39 is 35.8 Å². The van der Waals surface area contributed by atoms with E-state index in [-0.39, 0.29) is 31.0 Å². The number of carbonyl (C=O) groups excluding carboxylic acids is 3. The Bertz CT molecular complexity index is 1200. The van der Waals surface area contributed by atoms with Gasteiger partial charge in [-0.1, -0.05) is 46.8 Å². The lowest BCUT2D eigenvalue weighted by Gasteiger charge is -2.34. The van der Waals surface area contributed by atoms with Crippen molar-refractivity contribution in [3.63, 3.8) is 0 Å². The molecular weight excluding hydrogens is 564 g/mol. The summed E-state index contributed by atoms with van der Waals surface area (Å²) in [5, 5.41) is 46.3. The van der Waals surface area contributed by atoms with Crippen LogP contribution in [0.1, 0.15) is 47.5 Å². The number of allylic oxidation sites excluding steroid dienone is 4. The van der Waals surface area contributed by atoms with Gasteiger partial charge in [0.05, 0.1) is 18.0 Å². The Morgan fingerprint density at radius 2 is 1.71 bits per heavy atom. The lowest BCUT2D eigenvalue weighted by molar-refractivity contribution is -0.932. The molecule has 232 valence electrons. The van der Waals surface area contributed by atoms with Gasteiger partial charge in [-0.15, -0.1) is 0 Å². The number of nitrogens with one attached hydrogen (secondary N) is 2. The van der Waals surface area contributed by atoms with Crippen molar-refractivity contribution >= 4 is 41.0 Å². The second kappa shape index (κ2) is 17.5. The van der Waals surface area contributed by atoms with Gasteiger partial charge in [0.2, 0.25) is 23.7 Å². The van der Waals surface area contributed by atoms with Crippen molar-refractivity contribution in [2.75, 3.05) is 26.7 Å². The smallest absolute Gasteiger partial charge is 0.306 e. The summed E-state index contributed by atoms with van der Waals surface area (Å²) in [6.07, 6.45) is 8.03. The Labute approximate surface area is 250 Å². The molecule has 1 saturated heterocycles. The molecule has 1 aromatic rings. The molecule has 0 saturated carbocycles. The molecule has 2 heterocycles. The highest BCUT2D eigenvalue weighted by atomic mass is 32.2. The molecule has 6 N–H and O–H groups in total. The first-order chi connectivity index (χ1) is 19.8. The third-order valence-electron chi connectivity index (χ3n) is 5.24. The highest BCUT2D eigenvalue weighted by Crippen LogP contribution is 2.33. The van der Waals surface area contributed by atoms with E-state index in [2.05, 4.69) is 41.4 Å². The van der Waals surface area contributed by atoms with Crippen LogP contribution in [0.15, 0.2) is 63.7 Å². The molecule has 1 aromatic heterocycles. The Hall–Kier alpha value is -3.43. The van der Waals surface area contributed by atoms with E-state index in [4.69, 9.17) is 0 Å². The predicted molar refractivity (Wildman–Crippen MR) is 160 cm³/mol. The second-order valence-electron chi connectivity index (χ2n) is 9.59. The molecule has 0 aromatic carbocycles. The summed E-state index contributed by atoms with van der Waals surface area (Å²) in [5.74, 6) is -5.32. The highest BCUT2D eigenvalue weighted by molar-refractivity contribution is 7.96. The zero-order valence-electron chi connectivity index (χ0n) is 24.9. The molecule has 2 aliphatic rings. The van der Waals surface area contributed by atoms with Crippen LogP contribution in [0, 0.1) is 5.92 Å². The van der Waals surface area contributed by atoms with Crippen molar-refractivity contribution in [3.05, 3.63) is 48.7 Å². The van der Waals surface area contributed by atoms with Crippen LogP contribution in [0.2, 0.25) is 0 Å². The molecule has 0 radical (unpaired) electrons. The summed E-state index contributed by atoms with van der Waals surface area (Å²) in [5.41, 5.74) is -1.50. The SMILES string of the molecule is CC.CC(C)C.CN=C1C=CC=CC1=NCC(=O)NCC(=O)N[C@@]1(O)CCCN(Sc2cccc[n+]2O)C(O)(O)C1=O. The number of ketones is 1. The minimum Gasteiger partial charge on any atom is -0.364 e. The summed E-state index contributed by atoms with van der Waals surface area (Å²) in [7, 11) is 1.59. The van der Waals surface area contributed by atoms with Crippen molar-refractivity contribution in [2.45, 2.75) is 64.1 Å². The number of aliphatic hydroxyl groups is 3. The number of carbonyl (C=O) groups is 3. The maximum Gasteiger partial charge on any atom is 0.306 e. The van der Waals surface area contributed by atoms with Crippen molar-refractivity contribution in [1.82, 2.24) is 14.9 Å². The maximum atomic E-state index is 12.9. The molecule has 14 heteroatoms. The zero-order valence-corrected chi connectivity index (χ0v) is 25.8. The van der Waals surface area contributed by atoms with E-state index in [1.165, 1.54) is 12.3 Å². The number of rotatable bonds is 7. The Morgan fingerprint density at radius 1 is 1.10 bits per heavy atom. The van der Waals surface area contributed by atoms with Crippen molar-refractivity contribution in [2.24, 2.45) is 15.9 Å². The zero-order chi connectivity index (χ0) is 31.9. The molecule has 1 aliphatic heterocycles. The normalized spacial score (nSPS) is 21.6. The molecule has 1 fully saturated rings. The monoisotopic (exact) mass is 607 g/mol. The second-order valence-corrected chi connectivity index (χ2v) is 10.6. The number of aliphatic imine (C=N–C) groups is 2. The Morgan fingerprint density at radius 3 is 2.31 bits per heavy atom. The first kappa shape index (κ1) is 36.6. The molecule has 3 rings (SSSR count). The van der Waals surface area contributed by atoms with E-state index >= 15 is 0 Å². The number of hydrogen-bond donors (Lipinski definition) is 6. The van der Waals surface area contributed by atoms with Crippen molar-refractivity contribution in [3.8, 4) is 0 Å². The summed E-state index contributed by atoms with van der Waals surface area (Å²) in [6, 6.07) is 4.62. The minimum atomic E-state index is -3.17. The fourth-order valence-electron chi connectivity index (χ4n) is 3.42. The van der Waals surface area contributed by atoms with Gasteiger partial charge in [0, 0.05) is 48.8 Å². The van der Waals surface area contributed by atoms with Gasteiger partial charge < -0.3 is 26.0 Å². The van der Waals surface area contributed by atoms with Gasteiger partial charge in [0.15, 0.2) is 0 Å². The van der Waals surface area contributed by atoms with Crippen LogP contribution in [-0.4, -0.2) is 92.2 Å². The lowest BCUT2D eigenvalue weighted by atomic mass is 10.0. The quantitative estimate of drug-likeness (QED) is 0.0855. The molecule has 2 amide bonds. The van der Waals surface area contributed by atoms with E-state index in [1.54, 1.807) is 43.5 Å². The van der Waals surface area contributed by atoms with Crippen molar-refractivity contribution in [1.29, 1.82) is 0 Å². The minimum absolute atomic E-state index is 0.0692. The van der Waals surface area contributed by atoms with Gasteiger partial charge in [-0.05, 0) is 30.6 Å². The Kier molecular flexibility index (Phi) is 15.3. The molecular formula is C28H43N6O7S+. The average Bonchev–Trinajstić information content (AvgIpc) is 3.03. The number of nitrogens with zero attached hydrogens (tertiary/aromatic N) is 4. The van der Waals surface area contributed by atoms with Gasteiger partial charge in [0.1, 0.15) is 6.54 Å². The summed E-state index contributed by atoms with van der Waals surface area (Å²) >= 11 is 0.683. The molecule has 0 bridgehead atoms. The van der Waals surface area contributed by atoms with Crippen LogP contribution in [-0.2, 0) is 14.4 Å². The van der Waals surface area contributed by atoms with Crippen molar-refractivity contribution < 1.29 is 39.6 Å². The number of pyridine rings is 1. The molecule has 1 aliphatic carbocycles. The number of amides is 2. The largest absolute Gasteiger partial charge is 0.364 e.